The van der Waals surface area contributed by atoms with E-state index in [1.807, 2.05) is 78.9 Å². The van der Waals surface area contributed by atoms with Gasteiger partial charge in [-0.1, -0.05) is 104 Å². The number of benzene rings is 6. The van der Waals surface area contributed by atoms with E-state index in [1.165, 1.54) is 21.1 Å². The van der Waals surface area contributed by atoms with E-state index < -0.39 is 29.0 Å². The zero-order valence-corrected chi connectivity index (χ0v) is 37.2. The van der Waals surface area contributed by atoms with Crippen LogP contribution in [0.25, 0.3) is 28.0 Å². The lowest BCUT2D eigenvalue weighted by atomic mass is 9.56. The molecule has 9 rings (SSSR count). The minimum absolute atomic E-state index is 0.0248. The van der Waals surface area contributed by atoms with Gasteiger partial charge < -0.3 is 34.3 Å². The van der Waals surface area contributed by atoms with E-state index in [0.29, 0.717) is 50.0 Å². The highest BCUT2D eigenvalue weighted by molar-refractivity contribution is 5.99. The number of carbonyl (C=O) groups excluding carboxylic acids is 2. The number of methoxy groups -OCH3 is 2. The second-order valence-electron chi connectivity index (χ2n) is 18.3. The van der Waals surface area contributed by atoms with Crippen molar-refractivity contribution in [2.45, 2.75) is 88.3 Å². The van der Waals surface area contributed by atoms with Gasteiger partial charge in [0.25, 0.3) is 0 Å². The van der Waals surface area contributed by atoms with E-state index in [0.717, 1.165) is 62.6 Å². The van der Waals surface area contributed by atoms with Gasteiger partial charge in [-0.3, -0.25) is 9.59 Å². The van der Waals surface area contributed by atoms with E-state index in [9.17, 15) is 20.1 Å². The second-order valence-corrected chi connectivity index (χ2v) is 18.3. The van der Waals surface area contributed by atoms with Crippen LogP contribution in [0.15, 0.2) is 127 Å². The highest BCUT2D eigenvalue weighted by Crippen LogP contribution is 2.55. The number of aromatic hydroxyl groups is 3. The smallest absolute Gasteiger partial charge is 0.316 e. The summed E-state index contributed by atoms with van der Waals surface area (Å²) in [4.78, 5) is 28.5. The average molecular weight is 873 g/mol. The Morgan fingerprint density at radius 2 is 1.45 bits per heavy atom. The summed E-state index contributed by atoms with van der Waals surface area (Å²) >= 11 is 0. The molecule has 0 amide bonds. The lowest BCUT2D eigenvalue weighted by Gasteiger charge is -2.50. The molecule has 3 aliphatic carbocycles. The second kappa shape index (κ2) is 18.0. The molecule has 0 aliphatic heterocycles. The van der Waals surface area contributed by atoms with Crippen LogP contribution >= 0.6 is 0 Å². The summed E-state index contributed by atoms with van der Waals surface area (Å²) in [6.45, 7) is 1.43. The molecule has 3 aliphatic rings. The van der Waals surface area contributed by atoms with Crippen molar-refractivity contribution in [2.24, 2.45) is 11.3 Å². The first-order valence-electron chi connectivity index (χ1n) is 22.7. The van der Waals surface area contributed by atoms with Crippen LogP contribution in [0.5, 0.6) is 28.7 Å². The van der Waals surface area contributed by atoms with Gasteiger partial charge in [0.15, 0.2) is 23.0 Å². The standard InChI is InChI=1S/C56H56O9/c1-35(57)64-51-32-45(65-54(61)56(21-10-11-22-56)43-18-16-39-24-44(58)31-47(46(39)30-43)37-14-8-5-9-15-37)25-41(38-17-19-49(59)52(28-38)62-2)33-55(23-20-36-12-6-4-7-13-36)34-42-27-50(60)53(63-3)29-40(42)26-48(51)55/h4-9,12-20,23-24,27-31,41,45,48,51,58-60H,10-11,21-22,25-26,32-34H2,1-3H3/b23-20+/t41-,45+,48+,51-,55-/m1/s1. The molecule has 9 heteroatoms. The normalized spacial score (nSPS) is 22.6. The van der Waals surface area contributed by atoms with Crippen molar-refractivity contribution < 1.29 is 43.9 Å². The molecule has 3 N–H and O–H groups in total. The van der Waals surface area contributed by atoms with Crippen LogP contribution in [-0.2, 0) is 37.3 Å². The molecule has 0 bridgehead atoms. The molecular weight excluding hydrogens is 817 g/mol. The third kappa shape index (κ3) is 8.64. The maximum absolute atomic E-state index is 15.3. The Balaban J connectivity index is 1.16. The van der Waals surface area contributed by atoms with E-state index in [4.69, 9.17) is 18.9 Å². The van der Waals surface area contributed by atoms with E-state index in [1.54, 1.807) is 24.3 Å². The molecule has 0 spiro atoms. The van der Waals surface area contributed by atoms with Gasteiger partial charge in [0.2, 0.25) is 0 Å². The summed E-state index contributed by atoms with van der Waals surface area (Å²) in [7, 11) is 3.07. The van der Waals surface area contributed by atoms with Gasteiger partial charge in [-0.2, -0.15) is 0 Å². The maximum atomic E-state index is 15.3. The topological polar surface area (TPSA) is 132 Å². The van der Waals surface area contributed by atoms with Crippen molar-refractivity contribution in [2.75, 3.05) is 14.2 Å². The van der Waals surface area contributed by atoms with Gasteiger partial charge >= 0.3 is 11.9 Å². The molecule has 5 atom stereocenters. The molecule has 6 aromatic rings. The third-order valence-electron chi connectivity index (χ3n) is 14.4. The molecule has 9 nitrogen and oxygen atoms in total. The van der Waals surface area contributed by atoms with Crippen molar-refractivity contribution in [1.82, 2.24) is 0 Å². The largest absolute Gasteiger partial charge is 0.508 e. The number of phenolic OH excluding ortho intramolecular Hbond substituents is 3. The van der Waals surface area contributed by atoms with Gasteiger partial charge in [-0.05, 0) is 142 Å². The van der Waals surface area contributed by atoms with Crippen LogP contribution in [0, 0.1) is 11.3 Å². The van der Waals surface area contributed by atoms with E-state index in [2.05, 4.69) is 30.4 Å². The van der Waals surface area contributed by atoms with Crippen LogP contribution in [0.3, 0.4) is 0 Å². The summed E-state index contributed by atoms with van der Waals surface area (Å²) in [5.41, 5.74) is 5.11. The minimum Gasteiger partial charge on any atom is -0.508 e. The molecule has 2 saturated carbocycles. The number of rotatable bonds is 10. The highest BCUT2D eigenvalue weighted by Gasteiger charge is 2.52. The fraction of sp³-hybridized carbons (Fsp3) is 0.321. The van der Waals surface area contributed by atoms with Crippen LogP contribution in [0.1, 0.15) is 85.6 Å². The number of esters is 2. The van der Waals surface area contributed by atoms with Crippen LogP contribution in [0.4, 0.5) is 0 Å². The number of carbonyl (C=O) groups is 2. The monoisotopic (exact) mass is 872 g/mol. The lowest BCUT2D eigenvalue weighted by molar-refractivity contribution is -0.165. The predicted molar refractivity (Wildman–Crippen MR) is 251 cm³/mol. The summed E-state index contributed by atoms with van der Waals surface area (Å²) in [6, 6.07) is 38.8. The Morgan fingerprint density at radius 3 is 2.17 bits per heavy atom. The van der Waals surface area contributed by atoms with E-state index in [-0.39, 0.29) is 41.5 Å². The number of phenols is 3. The van der Waals surface area contributed by atoms with Gasteiger partial charge in [-0.25, -0.2) is 0 Å². The summed E-state index contributed by atoms with van der Waals surface area (Å²) in [5, 5.41) is 34.4. The van der Waals surface area contributed by atoms with E-state index >= 15 is 4.79 Å². The predicted octanol–water partition coefficient (Wildman–Crippen LogP) is 11.4. The Labute approximate surface area is 380 Å². The molecule has 0 aromatic heterocycles. The summed E-state index contributed by atoms with van der Waals surface area (Å²) < 4.78 is 24.5. The number of hydrogen-bond acceptors (Lipinski definition) is 9. The van der Waals surface area contributed by atoms with Crippen molar-refractivity contribution >= 4 is 28.8 Å². The Hall–Kier alpha value is -6.74. The van der Waals surface area contributed by atoms with Crippen molar-refractivity contribution in [1.29, 1.82) is 0 Å². The molecule has 6 aromatic carbocycles. The molecule has 0 heterocycles. The fourth-order valence-electron chi connectivity index (χ4n) is 11.3. The SMILES string of the molecule is COc1cc([C@@H]2C[C@H](OC(=O)C3(c4ccc5cc(O)cc(-c6ccccc6)c5c4)CCCC3)C[C@@H](OC(C)=O)[C@@H]3Cc4cc(OC)c(O)cc4C[C@@]3(/C=C/c3ccccc3)C2)ccc1O. The maximum Gasteiger partial charge on any atom is 0.316 e. The fourth-order valence-corrected chi connectivity index (χ4v) is 11.3. The highest BCUT2D eigenvalue weighted by atomic mass is 16.6. The number of ether oxygens (including phenoxy) is 4. The zero-order chi connectivity index (χ0) is 45.3. The van der Waals surface area contributed by atoms with Gasteiger partial charge in [0.1, 0.15) is 18.0 Å². The lowest BCUT2D eigenvalue weighted by Crippen LogP contribution is -2.49. The van der Waals surface area contributed by atoms with Crippen LogP contribution < -0.4 is 9.47 Å². The first kappa shape index (κ1) is 43.5. The Kier molecular flexibility index (Phi) is 12.1. The molecule has 334 valence electrons. The molecule has 0 unspecified atom stereocenters. The van der Waals surface area contributed by atoms with Gasteiger partial charge in [-0.15, -0.1) is 0 Å². The quantitative estimate of drug-likeness (QED) is 0.115. The first-order valence-corrected chi connectivity index (χ1v) is 22.7. The summed E-state index contributed by atoms with van der Waals surface area (Å²) in [5.74, 6) is -0.230. The molecule has 2 fully saturated rings. The van der Waals surface area contributed by atoms with Crippen molar-refractivity contribution in [3.63, 3.8) is 0 Å². The Morgan fingerprint density at radius 1 is 0.723 bits per heavy atom. The zero-order valence-electron chi connectivity index (χ0n) is 37.2. The average Bonchev–Trinajstić information content (AvgIpc) is 3.82. The van der Waals surface area contributed by atoms with Gasteiger partial charge in [0, 0.05) is 19.3 Å². The molecular formula is C56H56O9. The molecule has 65 heavy (non-hydrogen) atoms. The number of hydrogen-bond donors (Lipinski definition) is 3. The first-order chi connectivity index (χ1) is 31.5. The van der Waals surface area contributed by atoms with Gasteiger partial charge in [0.05, 0.1) is 19.6 Å². The number of allylic oxidation sites excluding steroid dienone is 1. The molecule has 0 radical (unpaired) electrons. The van der Waals surface area contributed by atoms with Crippen molar-refractivity contribution in [3.05, 3.63) is 155 Å². The Bertz CT molecular complexity index is 2740. The third-order valence-corrected chi connectivity index (χ3v) is 14.4. The molecule has 0 saturated heterocycles. The summed E-state index contributed by atoms with van der Waals surface area (Å²) in [6.07, 6.45) is 8.36. The minimum atomic E-state index is -0.916. The van der Waals surface area contributed by atoms with Crippen molar-refractivity contribution in [3.8, 4) is 39.9 Å². The van der Waals surface area contributed by atoms with Crippen LogP contribution in [0.2, 0.25) is 0 Å². The van der Waals surface area contributed by atoms with Crippen LogP contribution in [-0.4, -0.2) is 53.7 Å². The number of fused-ring (bicyclic) bond motifs is 3.